The summed E-state index contributed by atoms with van der Waals surface area (Å²) in [4.78, 5) is 21.0. The van der Waals surface area contributed by atoms with Crippen molar-refractivity contribution in [2.75, 3.05) is 26.4 Å². The summed E-state index contributed by atoms with van der Waals surface area (Å²) in [5.74, 6) is -0.0962. The van der Waals surface area contributed by atoms with Crippen molar-refractivity contribution < 1.29 is 9.90 Å². The second-order valence-electron chi connectivity index (χ2n) is 3.61. The molecule has 0 atom stereocenters. The van der Waals surface area contributed by atoms with Crippen molar-refractivity contribution in [3.8, 4) is 0 Å². The zero-order valence-corrected chi connectivity index (χ0v) is 10.4. The monoisotopic (exact) mass is 241 g/mol. The number of carboxylic acid groups (broad SMARTS) is 1. The van der Waals surface area contributed by atoms with Gasteiger partial charge in [0.1, 0.15) is 0 Å². The second-order valence-corrected chi connectivity index (χ2v) is 4.67. The van der Waals surface area contributed by atoms with Crippen LogP contribution >= 0.6 is 11.8 Å². The molecule has 0 spiro atoms. The molecule has 0 aliphatic rings. The van der Waals surface area contributed by atoms with Gasteiger partial charge in [-0.05, 0) is 21.0 Å². The van der Waals surface area contributed by atoms with E-state index in [0.717, 1.165) is 12.3 Å². The number of hydrogen-bond acceptors (Lipinski definition) is 5. The van der Waals surface area contributed by atoms with Crippen molar-refractivity contribution in [1.29, 1.82) is 0 Å². The SMILES string of the molecule is Cc1nc(SCCN(C)C)ncc1C(=O)O. The maximum Gasteiger partial charge on any atom is 0.339 e. The van der Waals surface area contributed by atoms with Crippen molar-refractivity contribution in [3.05, 3.63) is 17.5 Å². The predicted molar refractivity (Wildman–Crippen MR) is 63.0 cm³/mol. The minimum atomic E-state index is -0.984. The van der Waals surface area contributed by atoms with E-state index in [1.54, 1.807) is 6.92 Å². The lowest BCUT2D eigenvalue weighted by atomic mass is 10.2. The summed E-state index contributed by atoms with van der Waals surface area (Å²) in [5, 5.41) is 9.44. The number of aromatic nitrogens is 2. The Hall–Kier alpha value is -1.14. The van der Waals surface area contributed by atoms with Crippen LogP contribution in [0.4, 0.5) is 0 Å². The molecule has 6 heteroatoms. The van der Waals surface area contributed by atoms with Crippen LogP contribution in [0.1, 0.15) is 16.1 Å². The van der Waals surface area contributed by atoms with Crippen LogP contribution in [-0.4, -0.2) is 52.3 Å². The van der Waals surface area contributed by atoms with Crippen LogP contribution in [0.3, 0.4) is 0 Å². The second kappa shape index (κ2) is 5.81. The van der Waals surface area contributed by atoms with Crippen molar-refractivity contribution in [2.24, 2.45) is 0 Å². The minimum Gasteiger partial charge on any atom is -0.478 e. The summed E-state index contributed by atoms with van der Waals surface area (Å²) in [6.07, 6.45) is 1.36. The molecule has 0 saturated heterocycles. The fourth-order valence-electron chi connectivity index (χ4n) is 1.04. The first kappa shape index (κ1) is 12.9. The van der Waals surface area contributed by atoms with Crippen LogP contribution in [0.25, 0.3) is 0 Å². The number of carbonyl (C=O) groups is 1. The molecule has 0 fully saturated rings. The summed E-state index contributed by atoms with van der Waals surface area (Å²) in [6, 6.07) is 0. The number of carboxylic acids is 1. The van der Waals surface area contributed by atoms with Gasteiger partial charge >= 0.3 is 5.97 Å². The van der Waals surface area contributed by atoms with Gasteiger partial charge in [0.05, 0.1) is 11.3 Å². The average Bonchev–Trinajstić information content (AvgIpc) is 2.16. The molecule has 0 bridgehead atoms. The molecule has 1 rings (SSSR count). The highest BCUT2D eigenvalue weighted by Gasteiger charge is 2.09. The van der Waals surface area contributed by atoms with E-state index in [1.807, 2.05) is 14.1 Å². The normalized spacial score (nSPS) is 10.8. The van der Waals surface area contributed by atoms with Gasteiger partial charge in [-0.1, -0.05) is 11.8 Å². The molecule has 88 valence electrons. The molecule has 16 heavy (non-hydrogen) atoms. The van der Waals surface area contributed by atoms with Crippen LogP contribution < -0.4 is 0 Å². The zero-order valence-electron chi connectivity index (χ0n) is 9.60. The molecule has 0 aliphatic carbocycles. The summed E-state index contributed by atoms with van der Waals surface area (Å²) in [7, 11) is 4.00. The van der Waals surface area contributed by atoms with E-state index in [4.69, 9.17) is 5.11 Å². The Morgan fingerprint density at radius 1 is 1.56 bits per heavy atom. The maximum absolute atomic E-state index is 10.7. The third kappa shape index (κ3) is 3.79. The minimum absolute atomic E-state index is 0.164. The standard InChI is InChI=1S/C10H15N3O2S/c1-7-8(9(14)15)6-11-10(12-7)16-5-4-13(2)3/h6H,4-5H2,1-3H3,(H,14,15). The lowest BCUT2D eigenvalue weighted by Gasteiger charge is -2.08. The quantitative estimate of drug-likeness (QED) is 0.616. The van der Waals surface area contributed by atoms with Crippen molar-refractivity contribution in [3.63, 3.8) is 0 Å². The van der Waals surface area contributed by atoms with Crippen molar-refractivity contribution in [1.82, 2.24) is 14.9 Å². The van der Waals surface area contributed by atoms with E-state index >= 15 is 0 Å². The number of aromatic carboxylic acids is 1. The van der Waals surface area contributed by atoms with E-state index in [-0.39, 0.29) is 5.56 Å². The number of aryl methyl sites for hydroxylation is 1. The van der Waals surface area contributed by atoms with Gasteiger partial charge in [0.15, 0.2) is 5.16 Å². The molecule has 0 unspecified atom stereocenters. The molecule has 0 aliphatic heterocycles. The number of thioether (sulfide) groups is 1. The van der Waals surface area contributed by atoms with Crippen LogP contribution in [0.5, 0.6) is 0 Å². The Balaban J connectivity index is 2.63. The molecular formula is C10H15N3O2S. The molecule has 0 saturated carbocycles. The smallest absolute Gasteiger partial charge is 0.339 e. The topological polar surface area (TPSA) is 66.3 Å². The third-order valence-electron chi connectivity index (χ3n) is 1.96. The van der Waals surface area contributed by atoms with E-state index in [2.05, 4.69) is 14.9 Å². The van der Waals surface area contributed by atoms with Gasteiger partial charge in [0, 0.05) is 18.5 Å². The number of rotatable bonds is 5. The zero-order chi connectivity index (χ0) is 12.1. The van der Waals surface area contributed by atoms with Crippen molar-refractivity contribution >= 4 is 17.7 Å². The summed E-state index contributed by atoms with van der Waals surface area (Å²) in [6.45, 7) is 2.62. The Kier molecular flexibility index (Phi) is 4.70. The van der Waals surface area contributed by atoms with Gasteiger partial charge in [-0.15, -0.1) is 0 Å². The highest BCUT2D eigenvalue weighted by atomic mass is 32.2. The Morgan fingerprint density at radius 2 is 2.25 bits per heavy atom. The average molecular weight is 241 g/mol. The molecule has 1 aromatic heterocycles. The van der Waals surface area contributed by atoms with Crippen LogP contribution in [0, 0.1) is 6.92 Å². The summed E-state index contributed by atoms with van der Waals surface area (Å²) in [5.41, 5.74) is 0.673. The van der Waals surface area contributed by atoms with Gasteiger partial charge in [-0.3, -0.25) is 0 Å². The fourth-order valence-corrected chi connectivity index (χ4v) is 2.01. The van der Waals surface area contributed by atoms with Crippen LogP contribution in [-0.2, 0) is 0 Å². The first-order chi connectivity index (χ1) is 7.50. The van der Waals surface area contributed by atoms with Gasteiger partial charge in [-0.25, -0.2) is 14.8 Å². The van der Waals surface area contributed by atoms with Gasteiger partial charge in [0.25, 0.3) is 0 Å². The van der Waals surface area contributed by atoms with Gasteiger partial charge < -0.3 is 10.0 Å². The van der Waals surface area contributed by atoms with Gasteiger partial charge in [0.2, 0.25) is 0 Å². The van der Waals surface area contributed by atoms with Gasteiger partial charge in [-0.2, -0.15) is 0 Å². The summed E-state index contributed by atoms with van der Waals surface area (Å²) < 4.78 is 0. The predicted octanol–water partition coefficient (Wildman–Crippen LogP) is 1.14. The number of nitrogens with zero attached hydrogens (tertiary/aromatic N) is 3. The Bertz CT molecular complexity index is 382. The van der Waals surface area contributed by atoms with E-state index in [1.165, 1.54) is 18.0 Å². The Labute approximate surface area is 98.9 Å². The molecule has 5 nitrogen and oxygen atoms in total. The largest absolute Gasteiger partial charge is 0.478 e. The van der Waals surface area contributed by atoms with E-state index in [0.29, 0.717) is 10.9 Å². The lowest BCUT2D eigenvalue weighted by Crippen LogP contribution is -2.15. The molecular weight excluding hydrogens is 226 g/mol. The van der Waals surface area contributed by atoms with Crippen molar-refractivity contribution in [2.45, 2.75) is 12.1 Å². The third-order valence-corrected chi connectivity index (χ3v) is 2.80. The first-order valence-corrected chi connectivity index (χ1v) is 5.83. The first-order valence-electron chi connectivity index (χ1n) is 4.85. The molecule has 0 aromatic carbocycles. The summed E-state index contributed by atoms with van der Waals surface area (Å²) >= 11 is 1.53. The maximum atomic E-state index is 10.7. The highest BCUT2D eigenvalue weighted by Crippen LogP contribution is 2.14. The van der Waals surface area contributed by atoms with E-state index in [9.17, 15) is 4.79 Å². The highest BCUT2D eigenvalue weighted by molar-refractivity contribution is 7.99. The fraction of sp³-hybridized carbons (Fsp3) is 0.500. The lowest BCUT2D eigenvalue weighted by molar-refractivity contribution is 0.0695. The molecule has 1 heterocycles. The molecule has 0 radical (unpaired) electrons. The molecule has 0 amide bonds. The molecule has 1 N–H and O–H groups in total. The molecule has 1 aromatic rings. The Morgan fingerprint density at radius 3 is 2.75 bits per heavy atom. The van der Waals surface area contributed by atoms with Crippen LogP contribution in [0.15, 0.2) is 11.4 Å². The van der Waals surface area contributed by atoms with Crippen LogP contribution in [0.2, 0.25) is 0 Å². The number of hydrogen-bond donors (Lipinski definition) is 1. The van der Waals surface area contributed by atoms with E-state index < -0.39 is 5.97 Å².